The van der Waals surface area contributed by atoms with Crippen LogP contribution in [0.3, 0.4) is 0 Å². The number of rotatable bonds is 0. The Morgan fingerprint density at radius 3 is 2.71 bits per heavy atom. The molecule has 0 saturated carbocycles. The summed E-state index contributed by atoms with van der Waals surface area (Å²) in [5, 5.41) is 3.43. The molecule has 14 heavy (non-hydrogen) atoms. The fourth-order valence-electron chi connectivity index (χ4n) is 1.85. The minimum atomic E-state index is -0.139. The molecule has 1 N–H and O–H groups in total. The molecule has 0 spiro atoms. The highest BCUT2D eigenvalue weighted by atomic mass is 19.1. The molecule has 1 aliphatic rings. The van der Waals surface area contributed by atoms with E-state index in [-0.39, 0.29) is 11.2 Å². The predicted octanol–water partition coefficient (Wildman–Crippen LogP) is 3.21. The van der Waals surface area contributed by atoms with E-state index in [0.29, 0.717) is 6.04 Å². The number of benzene rings is 1. The summed E-state index contributed by atoms with van der Waals surface area (Å²) in [6.45, 7) is 6.60. The molecule has 76 valence electrons. The highest BCUT2D eigenvalue weighted by Gasteiger charge is 2.30. The minimum absolute atomic E-state index is 0.139. The fraction of sp³-hybridized carbons (Fsp3) is 0.500. The van der Waals surface area contributed by atoms with Gasteiger partial charge in [-0.3, -0.25) is 0 Å². The molecule has 0 radical (unpaired) electrons. The van der Waals surface area contributed by atoms with Crippen molar-refractivity contribution in [1.29, 1.82) is 0 Å². The number of hydrogen-bond donors (Lipinski definition) is 1. The molecule has 1 nitrogen and oxygen atoms in total. The lowest BCUT2D eigenvalue weighted by atomic mass is 9.85. The SMILES string of the molecule is CC(C)(C)C1Cc2cc(F)ccc2N1. The predicted molar refractivity (Wildman–Crippen MR) is 57.0 cm³/mol. The van der Waals surface area contributed by atoms with Crippen molar-refractivity contribution in [3.8, 4) is 0 Å². The van der Waals surface area contributed by atoms with Gasteiger partial charge in [-0.1, -0.05) is 20.8 Å². The van der Waals surface area contributed by atoms with E-state index >= 15 is 0 Å². The largest absolute Gasteiger partial charge is 0.381 e. The van der Waals surface area contributed by atoms with Crippen LogP contribution in [-0.4, -0.2) is 6.04 Å². The fourth-order valence-corrected chi connectivity index (χ4v) is 1.85. The van der Waals surface area contributed by atoms with Gasteiger partial charge in [-0.2, -0.15) is 0 Å². The average molecular weight is 193 g/mol. The zero-order valence-electron chi connectivity index (χ0n) is 8.89. The van der Waals surface area contributed by atoms with Crippen LogP contribution in [0.1, 0.15) is 26.3 Å². The van der Waals surface area contributed by atoms with Gasteiger partial charge in [0.2, 0.25) is 0 Å². The average Bonchev–Trinajstić information content (AvgIpc) is 2.45. The second kappa shape index (κ2) is 2.97. The molecule has 0 fully saturated rings. The molecule has 2 heteroatoms. The Balaban J connectivity index is 2.26. The standard InChI is InChI=1S/C12H16FN/c1-12(2,3)11-7-8-6-9(13)4-5-10(8)14-11/h4-6,11,14H,7H2,1-3H3. The van der Waals surface area contributed by atoms with E-state index < -0.39 is 0 Å². The van der Waals surface area contributed by atoms with Gasteiger partial charge in [-0.25, -0.2) is 4.39 Å². The van der Waals surface area contributed by atoms with Gasteiger partial charge in [0.25, 0.3) is 0 Å². The highest BCUT2D eigenvalue weighted by molar-refractivity contribution is 5.57. The molecule has 2 rings (SSSR count). The summed E-state index contributed by atoms with van der Waals surface area (Å²) in [5.41, 5.74) is 2.41. The molecule has 1 aromatic rings. The van der Waals surface area contributed by atoms with Crippen molar-refractivity contribution in [3.05, 3.63) is 29.6 Å². The van der Waals surface area contributed by atoms with E-state index in [4.69, 9.17) is 0 Å². The maximum absolute atomic E-state index is 13.0. The summed E-state index contributed by atoms with van der Waals surface area (Å²) in [6, 6.07) is 5.39. The van der Waals surface area contributed by atoms with E-state index in [0.717, 1.165) is 17.7 Å². The maximum Gasteiger partial charge on any atom is 0.123 e. The zero-order chi connectivity index (χ0) is 10.3. The van der Waals surface area contributed by atoms with E-state index in [9.17, 15) is 4.39 Å². The third kappa shape index (κ3) is 1.61. The quantitative estimate of drug-likeness (QED) is 0.667. The summed E-state index contributed by atoms with van der Waals surface area (Å²) in [4.78, 5) is 0. The lowest BCUT2D eigenvalue weighted by molar-refractivity contribution is 0.347. The van der Waals surface area contributed by atoms with E-state index in [1.165, 1.54) is 6.07 Å². The van der Waals surface area contributed by atoms with Crippen LogP contribution in [0.5, 0.6) is 0 Å². The highest BCUT2D eigenvalue weighted by Crippen LogP contribution is 2.34. The Bertz CT molecular complexity index is 352. The smallest absolute Gasteiger partial charge is 0.123 e. The van der Waals surface area contributed by atoms with Gasteiger partial charge in [0, 0.05) is 11.7 Å². The first-order valence-electron chi connectivity index (χ1n) is 5.02. The van der Waals surface area contributed by atoms with Crippen LogP contribution in [0.15, 0.2) is 18.2 Å². The van der Waals surface area contributed by atoms with Crippen LogP contribution in [0, 0.1) is 11.2 Å². The number of fused-ring (bicyclic) bond motifs is 1. The summed E-state index contributed by atoms with van der Waals surface area (Å²) >= 11 is 0. The van der Waals surface area contributed by atoms with Crippen LogP contribution < -0.4 is 5.32 Å². The van der Waals surface area contributed by atoms with Gasteiger partial charge in [-0.15, -0.1) is 0 Å². The Morgan fingerprint density at radius 2 is 2.07 bits per heavy atom. The number of hydrogen-bond acceptors (Lipinski definition) is 1. The van der Waals surface area contributed by atoms with Crippen LogP contribution in [0.2, 0.25) is 0 Å². The maximum atomic E-state index is 13.0. The molecule has 1 atom stereocenters. The molecule has 0 saturated heterocycles. The van der Waals surface area contributed by atoms with Gasteiger partial charge in [0.05, 0.1) is 0 Å². The first kappa shape index (κ1) is 9.50. The van der Waals surface area contributed by atoms with Gasteiger partial charge >= 0.3 is 0 Å². The summed E-state index contributed by atoms with van der Waals surface area (Å²) in [7, 11) is 0. The molecule has 1 heterocycles. The Hall–Kier alpha value is -1.05. The third-order valence-corrected chi connectivity index (χ3v) is 2.87. The summed E-state index contributed by atoms with van der Waals surface area (Å²) in [6.07, 6.45) is 0.927. The van der Waals surface area contributed by atoms with E-state index in [2.05, 4.69) is 26.1 Å². The van der Waals surface area contributed by atoms with Crippen molar-refractivity contribution >= 4 is 5.69 Å². The lowest BCUT2D eigenvalue weighted by Gasteiger charge is -2.27. The van der Waals surface area contributed by atoms with Crippen molar-refractivity contribution in [2.24, 2.45) is 5.41 Å². The minimum Gasteiger partial charge on any atom is -0.381 e. The molecular formula is C12H16FN. The van der Waals surface area contributed by atoms with E-state index in [1.54, 1.807) is 6.07 Å². The molecule has 1 unspecified atom stereocenters. The third-order valence-electron chi connectivity index (χ3n) is 2.87. The summed E-state index contributed by atoms with van der Waals surface area (Å²) in [5.74, 6) is -0.139. The topological polar surface area (TPSA) is 12.0 Å². The number of anilines is 1. The first-order valence-corrected chi connectivity index (χ1v) is 5.02. The second-order valence-corrected chi connectivity index (χ2v) is 5.07. The summed E-state index contributed by atoms with van der Waals surface area (Å²) < 4.78 is 13.0. The zero-order valence-corrected chi connectivity index (χ0v) is 8.89. The van der Waals surface area contributed by atoms with Crippen molar-refractivity contribution in [3.63, 3.8) is 0 Å². The van der Waals surface area contributed by atoms with Crippen LogP contribution in [-0.2, 0) is 6.42 Å². The molecule has 0 aliphatic carbocycles. The molecule has 0 bridgehead atoms. The number of nitrogens with one attached hydrogen (secondary N) is 1. The molecule has 1 aliphatic heterocycles. The first-order chi connectivity index (χ1) is 6.47. The monoisotopic (exact) mass is 193 g/mol. The van der Waals surface area contributed by atoms with Crippen molar-refractivity contribution in [2.75, 3.05) is 5.32 Å². The van der Waals surface area contributed by atoms with Crippen molar-refractivity contribution < 1.29 is 4.39 Å². The Kier molecular flexibility index (Phi) is 2.02. The Labute approximate surface area is 84.3 Å². The molecular weight excluding hydrogens is 177 g/mol. The second-order valence-electron chi connectivity index (χ2n) is 5.07. The van der Waals surface area contributed by atoms with E-state index in [1.807, 2.05) is 6.07 Å². The van der Waals surface area contributed by atoms with Gasteiger partial charge in [0.15, 0.2) is 0 Å². The Morgan fingerprint density at radius 1 is 1.36 bits per heavy atom. The van der Waals surface area contributed by atoms with Crippen molar-refractivity contribution in [2.45, 2.75) is 33.2 Å². The van der Waals surface area contributed by atoms with Gasteiger partial charge in [0.1, 0.15) is 5.82 Å². The van der Waals surface area contributed by atoms with Crippen LogP contribution in [0.25, 0.3) is 0 Å². The molecule has 0 aromatic heterocycles. The normalized spacial score (nSPS) is 20.4. The number of halogens is 1. The van der Waals surface area contributed by atoms with Gasteiger partial charge < -0.3 is 5.32 Å². The molecule has 0 amide bonds. The molecule has 1 aromatic carbocycles. The van der Waals surface area contributed by atoms with Crippen molar-refractivity contribution in [1.82, 2.24) is 0 Å². The lowest BCUT2D eigenvalue weighted by Crippen LogP contribution is -2.31. The van der Waals surface area contributed by atoms with Crippen LogP contribution in [0.4, 0.5) is 10.1 Å². The van der Waals surface area contributed by atoms with Gasteiger partial charge in [-0.05, 0) is 35.6 Å². The van der Waals surface area contributed by atoms with Crippen LogP contribution >= 0.6 is 0 Å².